The van der Waals surface area contributed by atoms with Gasteiger partial charge in [0.25, 0.3) is 0 Å². The standard InChI is InChI=1S/C66H115N13O12/c1-25-47-62(87)73(18)45(17)61(86)74(19)49(33-37(4)5)58(83)71-52(40(10)11)65(90)75(20)48(32-36(2)3)57(82)68-43(15)56(81)69-44(16)60(85)76(21)50(34-38(6)7)63(88)77(22)51(35-39(8)9)64(89)78(23)53(41(12)13)66(91)79(24)54(59(84)70-47)55(80)42(14)28-26-29-46-30-27-31-67-72-46/h27,30-31,36-45,47-55,80H,25-26,28-29,32-35H2,1-24H3,(H,68,82)(H,69,81)(H,70,84)(H,71,83)/t42-,43+,44-,45-,47+,48+,49+,50+,51+,52+,53+,54-,55-/m1/s1. The van der Waals surface area contributed by atoms with Crippen LogP contribution in [0.2, 0.25) is 0 Å². The summed E-state index contributed by atoms with van der Waals surface area (Å²) >= 11 is 0. The van der Waals surface area contributed by atoms with Gasteiger partial charge in [0, 0.05) is 55.5 Å². The first-order valence-corrected chi connectivity index (χ1v) is 32.7. The van der Waals surface area contributed by atoms with E-state index in [1.807, 2.05) is 61.5 Å². The Morgan fingerprint density at radius 2 is 0.901 bits per heavy atom. The normalized spacial score (nSPS) is 26.6. The van der Waals surface area contributed by atoms with Crippen LogP contribution in [0, 0.1) is 41.4 Å². The number of nitrogens with one attached hydrogen (secondary N) is 4. The Labute approximate surface area is 543 Å². The summed E-state index contributed by atoms with van der Waals surface area (Å²) in [6.45, 7) is 29.6. The van der Waals surface area contributed by atoms with E-state index in [1.54, 1.807) is 53.8 Å². The molecule has 0 radical (unpaired) electrons. The van der Waals surface area contributed by atoms with E-state index in [9.17, 15) is 38.7 Å². The van der Waals surface area contributed by atoms with Crippen LogP contribution in [0.1, 0.15) is 168 Å². The van der Waals surface area contributed by atoms with Crippen molar-refractivity contribution in [3.63, 3.8) is 0 Å². The fourth-order valence-electron chi connectivity index (χ4n) is 11.7. The highest BCUT2D eigenvalue weighted by Crippen LogP contribution is 2.26. The van der Waals surface area contributed by atoms with Crippen molar-refractivity contribution >= 4 is 65.0 Å². The molecule has 2 rings (SSSR count). The summed E-state index contributed by atoms with van der Waals surface area (Å²) in [6, 6.07) is -10.2. The fraction of sp³-hybridized carbons (Fsp3) is 0.773. The van der Waals surface area contributed by atoms with E-state index in [4.69, 9.17) is 0 Å². The van der Waals surface area contributed by atoms with E-state index in [2.05, 4.69) is 31.5 Å². The summed E-state index contributed by atoms with van der Waals surface area (Å²) in [5.41, 5.74) is 0.714. The number of hydrogen-bond acceptors (Lipinski definition) is 14. The average molecular weight is 1280 g/mol. The molecule has 1 aliphatic rings. The van der Waals surface area contributed by atoms with Gasteiger partial charge in [0.1, 0.15) is 66.5 Å². The number of amides is 11. The Hall–Kier alpha value is -6.79. The van der Waals surface area contributed by atoms with Crippen LogP contribution in [0.3, 0.4) is 0 Å². The molecule has 1 fully saturated rings. The average Bonchev–Trinajstić information content (AvgIpc) is 0.883. The van der Waals surface area contributed by atoms with Crippen LogP contribution < -0.4 is 21.3 Å². The van der Waals surface area contributed by atoms with Gasteiger partial charge in [-0.2, -0.15) is 10.2 Å². The first kappa shape index (κ1) is 80.3. The van der Waals surface area contributed by atoms with Gasteiger partial charge in [0.15, 0.2) is 0 Å². The predicted octanol–water partition coefficient (Wildman–Crippen LogP) is 3.50. The maximum atomic E-state index is 15.4. The molecule has 1 aliphatic heterocycles. The minimum Gasteiger partial charge on any atom is -0.390 e. The van der Waals surface area contributed by atoms with Crippen molar-refractivity contribution in [2.45, 2.75) is 242 Å². The highest BCUT2D eigenvalue weighted by molar-refractivity contribution is 6.00. The first-order chi connectivity index (χ1) is 42.2. The smallest absolute Gasteiger partial charge is 0.246 e. The number of carbonyl (C=O) groups excluding carboxylic acids is 11. The SMILES string of the molecule is CC[C@@H]1NC(=O)[C@@H]([C@H](O)[C@H](C)CCCc2cccnn2)N(C)C(=O)[C@H](C(C)C)N(C)C(=O)[C@H](CC(C)C)N(C)C(=O)[C@H](CC(C)C)N(C)C(=O)[C@@H](C)NC(=O)[C@H](C)NC(=O)[C@H](CC(C)C)N(C)C(=O)[C@H](C(C)C)NC(=O)[C@H](CC(C)C)N(C)C(=O)[C@@H](C)N(C)C1=O. The Morgan fingerprint density at radius 3 is 1.36 bits per heavy atom. The van der Waals surface area contributed by atoms with E-state index < -0.39 is 155 Å². The molecule has 5 N–H and O–H groups in total. The lowest BCUT2D eigenvalue weighted by Crippen LogP contribution is -2.64. The van der Waals surface area contributed by atoms with Gasteiger partial charge in [0.2, 0.25) is 65.0 Å². The number of rotatable bonds is 17. The molecule has 0 aliphatic carbocycles. The van der Waals surface area contributed by atoms with Crippen LogP contribution in [0.4, 0.5) is 0 Å². The summed E-state index contributed by atoms with van der Waals surface area (Å²) in [4.78, 5) is 171. The summed E-state index contributed by atoms with van der Waals surface area (Å²) < 4.78 is 0. The third-order valence-corrected chi connectivity index (χ3v) is 17.5. The molecule has 11 amide bonds. The van der Waals surface area contributed by atoms with Crippen LogP contribution in [0.5, 0.6) is 0 Å². The number of aryl methyl sites for hydroxylation is 1. The maximum absolute atomic E-state index is 15.4. The Balaban J connectivity index is 3.00. The second-order valence-corrected chi connectivity index (χ2v) is 27.8. The van der Waals surface area contributed by atoms with Crippen LogP contribution in [-0.2, 0) is 59.2 Å². The Kier molecular flexibility index (Phi) is 32.2. The minimum atomic E-state index is -1.65. The number of nitrogens with zero attached hydrogens (tertiary/aromatic N) is 9. The fourth-order valence-corrected chi connectivity index (χ4v) is 11.7. The molecule has 1 aromatic heterocycles. The molecule has 0 saturated carbocycles. The number of likely N-dealkylation sites (N-methyl/N-ethyl adjacent to an activating group) is 7. The largest absolute Gasteiger partial charge is 0.390 e. The zero-order chi connectivity index (χ0) is 70.0. The molecule has 0 unspecified atom stereocenters. The molecule has 0 bridgehead atoms. The highest BCUT2D eigenvalue weighted by atomic mass is 16.3. The van der Waals surface area contributed by atoms with Gasteiger partial charge < -0.3 is 60.7 Å². The summed E-state index contributed by atoms with van der Waals surface area (Å²) in [5, 5.41) is 31.6. The second kappa shape index (κ2) is 36.5. The lowest BCUT2D eigenvalue weighted by molar-refractivity contribution is -0.157. The second-order valence-electron chi connectivity index (χ2n) is 27.8. The van der Waals surface area contributed by atoms with Gasteiger partial charge in [0.05, 0.1) is 11.8 Å². The Morgan fingerprint density at radius 1 is 0.462 bits per heavy atom. The summed E-state index contributed by atoms with van der Waals surface area (Å²) in [5.74, 6) is -9.90. The molecule has 1 saturated heterocycles. The van der Waals surface area contributed by atoms with E-state index in [0.717, 1.165) is 9.80 Å². The molecule has 25 heteroatoms. The topological polar surface area (TPSA) is 305 Å². The molecule has 0 aromatic carbocycles. The van der Waals surface area contributed by atoms with Gasteiger partial charge in [-0.3, -0.25) is 52.7 Å². The third-order valence-electron chi connectivity index (χ3n) is 17.5. The predicted molar refractivity (Wildman–Crippen MR) is 349 cm³/mol. The van der Waals surface area contributed by atoms with Crippen molar-refractivity contribution in [3.8, 4) is 0 Å². The lowest BCUT2D eigenvalue weighted by Gasteiger charge is -2.41. The lowest BCUT2D eigenvalue weighted by atomic mass is 9.90. The monoisotopic (exact) mass is 1280 g/mol. The van der Waals surface area contributed by atoms with E-state index in [-0.39, 0.29) is 55.8 Å². The van der Waals surface area contributed by atoms with Crippen molar-refractivity contribution in [1.29, 1.82) is 0 Å². The minimum absolute atomic E-state index is 0.00130. The summed E-state index contributed by atoms with van der Waals surface area (Å²) in [7, 11) is 9.95. The van der Waals surface area contributed by atoms with E-state index >= 15 is 19.2 Å². The molecule has 2 heterocycles. The zero-order valence-corrected chi connectivity index (χ0v) is 59.3. The number of carbonyl (C=O) groups is 11. The number of aliphatic hydroxyl groups is 1. The van der Waals surface area contributed by atoms with E-state index in [1.165, 1.54) is 94.6 Å². The number of aromatic nitrogens is 2. The van der Waals surface area contributed by atoms with Gasteiger partial charge in [-0.1, -0.05) is 96.9 Å². The molecule has 1 aromatic rings. The van der Waals surface area contributed by atoms with Gasteiger partial charge >= 0.3 is 0 Å². The van der Waals surface area contributed by atoms with E-state index in [0.29, 0.717) is 25.0 Å². The maximum Gasteiger partial charge on any atom is 0.246 e. The van der Waals surface area contributed by atoms with Crippen molar-refractivity contribution in [2.75, 3.05) is 49.3 Å². The summed E-state index contributed by atoms with van der Waals surface area (Å²) in [6.07, 6.45) is 1.97. The van der Waals surface area contributed by atoms with Crippen molar-refractivity contribution in [2.24, 2.45) is 41.4 Å². The molecule has 25 nitrogen and oxygen atoms in total. The van der Waals surface area contributed by atoms with Crippen molar-refractivity contribution < 1.29 is 57.8 Å². The molecular weight excluding hydrogens is 1170 g/mol. The quantitative estimate of drug-likeness (QED) is 0.149. The third kappa shape index (κ3) is 22.2. The van der Waals surface area contributed by atoms with Crippen molar-refractivity contribution in [1.82, 2.24) is 65.8 Å². The Bertz CT molecular complexity index is 2620. The molecular formula is C66H115N13O12. The first-order valence-electron chi connectivity index (χ1n) is 32.7. The molecule has 13 atom stereocenters. The molecule has 0 spiro atoms. The molecule has 516 valence electrons. The van der Waals surface area contributed by atoms with Gasteiger partial charge in [-0.25, -0.2) is 0 Å². The van der Waals surface area contributed by atoms with Gasteiger partial charge in [-0.05, 0) is 126 Å². The molecule has 91 heavy (non-hydrogen) atoms. The van der Waals surface area contributed by atoms with Gasteiger partial charge in [-0.15, -0.1) is 0 Å². The zero-order valence-electron chi connectivity index (χ0n) is 59.3. The van der Waals surface area contributed by atoms with Crippen molar-refractivity contribution in [3.05, 3.63) is 24.0 Å². The number of hydrogen-bond donors (Lipinski definition) is 5. The van der Waals surface area contributed by atoms with Crippen LogP contribution >= 0.6 is 0 Å². The van der Waals surface area contributed by atoms with Crippen LogP contribution in [0.15, 0.2) is 18.3 Å². The number of aliphatic hydroxyl groups excluding tert-OH is 1. The van der Waals surface area contributed by atoms with Crippen LogP contribution in [-0.4, -0.2) is 236 Å². The highest BCUT2D eigenvalue weighted by Gasteiger charge is 2.46. The van der Waals surface area contributed by atoms with Crippen LogP contribution in [0.25, 0.3) is 0 Å².